The molecule has 0 fully saturated rings. The number of hydrogen-bond acceptors (Lipinski definition) is 0. The highest BCUT2D eigenvalue weighted by molar-refractivity contribution is 5.28. The fourth-order valence-corrected chi connectivity index (χ4v) is 1.29. The van der Waals surface area contributed by atoms with Crippen molar-refractivity contribution in [2.24, 2.45) is 0 Å². The van der Waals surface area contributed by atoms with Crippen LogP contribution in [0.4, 0.5) is 8.78 Å². The minimum absolute atomic E-state index is 0.746. The van der Waals surface area contributed by atoms with E-state index in [1.54, 1.807) is 0 Å². The van der Waals surface area contributed by atoms with Gasteiger partial charge in [0.1, 0.15) is 0 Å². The normalized spacial score (nSPS) is 10.3. The highest BCUT2D eigenvalue weighted by Crippen LogP contribution is 2.15. The monoisotopic (exact) mass is 170 g/mol. The average Bonchev–Trinajstić information content (AvgIpc) is 2.09. The van der Waals surface area contributed by atoms with Crippen LogP contribution in [-0.4, -0.2) is 0 Å². The fourth-order valence-electron chi connectivity index (χ4n) is 1.29. The number of halogens is 2. The molecule has 1 aromatic carbocycles. The molecule has 0 atom stereocenters. The van der Waals surface area contributed by atoms with E-state index in [1.807, 2.05) is 13.8 Å². The smallest absolute Gasteiger partial charge is 0.159 e. The number of hydrogen-bond donors (Lipinski definition) is 0. The summed E-state index contributed by atoms with van der Waals surface area (Å²) in [4.78, 5) is 0. The van der Waals surface area contributed by atoms with Gasteiger partial charge < -0.3 is 0 Å². The van der Waals surface area contributed by atoms with Crippen LogP contribution in [0.25, 0.3) is 0 Å². The Bertz CT molecular complexity index is 250. The van der Waals surface area contributed by atoms with Crippen LogP contribution >= 0.6 is 0 Å². The van der Waals surface area contributed by atoms with Gasteiger partial charge in [0, 0.05) is 0 Å². The Morgan fingerprint density at radius 1 is 0.917 bits per heavy atom. The van der Waals surface area contributed by atoms with E-state index in [9.17, 15) is 8.78 Å². The van der Waals surface area contributed by atoms with E-state index in [1.165, 1.54) is 12.1 Å². The van der Waals surface area contributed by atoms with Gasteiger partial charge in [0.15, 0.2) is 11.6 Å². The van der Waals surface area contributed by atoms with Gasteiger partial charge >= 0.3 is 0 Å². The third-order valence-electron chi connectivity index (χ3n) is 2.00. The molecule has 0 heterocycles. The Kier molecular flexibility index (Phi) is 2.79. The summed E-state index contributed by atoms with van der Waals surface area (Å²) in [5, 5.41) is 0. The second kappa shape index (κ2) is 3.65. The standard InChI is InChI=1S/C10H12F2/c1-3-7-5-9(11)10(12)6-8(7)4-2/h5-6H,3-4H2,1-2H3. The summed E-state index contributed by atoms with van der Waals surface area (Å²) in [5.41, 5.74) is 1.80. The zero-order valence-corrected chi connectivity index (χ0v) is 7.32. The van der Waals surface area contributed by atoms with Gasteiger partial charge in [0.25, 0.3) is 0 Å². The first-order valence-electron chi connectivity index (χ1n) is 4.15. The van der Waals surface area contributed by atoms with Gasteiger partial charge in [0.05, 0.1) is 0 Å². The summed E-state index contributed by atoms with van der Waals surface area (Å²) < 4.78 is 25.4. The van der Waals surface area contributed by atoms with Crippen molar-refractivity contribution in [2.75, 3.05) is 0 Å². The van der Waals surface area contributed by atoms with E-state index in [4.69, 9.17) is 0 Å². The molecule has 0 spiro atoms. The van der Waals surface area contributed by atoms with Crippen LogP contribution in [0.2, 0.25) is 0 Å². The van der Waals surface area contributed by atoms with E-state index in [-0.39, 0.29) is 0 Å². The molecule has 1 aromatic rings. The van der Waals surface area contributed by atoms with Crippen molar-refractivity contribution in [3.8, 4) is 0 Å². The lowest BCUT2D eigenvalue weighted by molar-refractivity contribution is 0.505. The van der Waals surface area contributed by atoms with E-state index >= 15 is 0 Å². The molecule has 0 unspecified atom stereocenters. The lowest BCUT2D eigenvalue weighted by Gasteiger charge is -2.05. The van der Waals surface area contributed by atoms with Crippen molar-refractivity contribution in [3.63, 3.8) is 0 Å². The number of aryl methyl sites for hydroxylation is 2. The maximum Gasteiger partial charge on any atom is 0.159 e. The van der Waals surface area contributed by atoms with Crippen molar-refractivity contribution in [3.05, 3.63) is 34.9 Å². The van der Waals surface area contributed by atoms with Crippen LogP contribution in [0.15, 0.2) is 12.1 Å². The van der Waals surface area contributed by atoms with Crippen molar-refractivity contribution in [1.29, 1.82) is 0 Å². The van der Waals surface area contributed by atoms with Gasteiger partial charge in [-0.3, -0.25) is 0 Å². The molecule has 0 amide bonds. The molecule has 0 N–H and O–H groups in total. The quantitative estimate of drug-likeness (QED) is 0.639. The number of rotatable bonds is 2. The second-order valence-electron chi connectivity index (χ2n) is 2.74. The van der Waals surface area contributed by atoms with Crippen molar-refractivity contribution in [1.82, 2.24) is 0 Å². The van der Waals surface area contributed by atoms with E-state index < -0.39 is 11.6 Å². The molecule has 1 rings (SSSR count). The first kappa shape index (κ1) is 9.17. The number of benzene rings is 1. The molecule has 2 heteroatoms. The Labute approximate surface area is 71.2 Å². The molecule has 0 bridgehead atoms. The summed E-state index contributed by atoms with van der Waals surface area (Å²) in [7, 11) is 0. The highest BCUT2D eigenvalue weighted by atomic mass is 19.2. The molecule has 0 saturated carbocycles. The van der Waals surface area contributed by atoms with Crippen LogP contribution in [0.1, 0.15) is 25.0 Å². The molecule has 12 heavy (non-hydrogen) atoms. The lowest BCUT2D eigenvalue weighted by Crippen LogP contribution is -1.95. The van der Waals surface area contributed by atoms with E-state index in [2.05, 4.69) is 0 Å². The summed E-state index contributed by atoms with van der Waals surface area (Å²) >= 11 is 0. The molecule has 0 saturated heterocycles. The maximum absolute atomic E-state index is 12.7. The SMILES string of the molecule is CCc1cc(F)c(F)cc1CC. The second-order valence-corrected chi connectivity index (χ2v) is 2.74. The summed E-state index contributed by atoms with van der Waals surface area (Å²) in [6.45, 7) is 3.87. The molecule has 0 nitrogen and oxygen atoms in total. The summed E-state index contributed by atoms with van der Waals surface area (Å²) in [6, 6.07) is 2.57. The zero-order chi connectivity index (χ0) is 9.14. The molecule has 0 aliphatic carbocycles. The molecule has 0 aliphatic heterocycles. The van der Waals surface area contributed by atoms with Gasteiger partial charge in [-0.2, -0.15) is 0 Å². The minimum Gasteiger partial charge on any atom is -0.204 e. The van der Waals surface area contributed by atoms with E-state index in [0.717, 1.165) is 24.0 Å². The van der Waals surface area contributed by atoms with Gasteiger partial charge in [-0.1, -0.05) is 13.8 Å². The zero-order valence-electron chi connectivity index (χ0n) is 7.32. The van der Waals surface area contributed by atoms with Crippen LogP contribution in [0.5, 0.6) is 0 Å². The van der Waals surface area contributed by atoms with Gasteiger partial charge in [-0.25, -0.2) is 8.78 Å². The van der Waals surface area contributed by atoms with Gasteiger partial charge in [-0.05, 0) is 36.1 Å². The highest BCUT2D eigenvalue weighted by Gasteiger charge is 2.06. The first-order chi connectivity index (χ1) is 5.69. The molecule has 0 aliphatic rings. The van der Waals surface area contributed by atoms with Crippen LogP contribution < -0.4 is 0 Å². The Morgan fingerprint density at radius 2 is 1.25 bits per heavy atom. The third kappa shape index (κ3) is 1.63. The van der Waals surface area contributed by atoms with Crippen molar-refractivity contribution in [2.45, 2.75) is 26.7 Å². The molecular weight excluding hydrogens is 158 g/mol. The van der Waals surface area contributed by atoms with Gasteiger partial charge in [0.2, 0.25) is 0 Å². The van der Waals surface area contributed by atoms with Crippen LogP contribution in [0, 0.1) is 11.6 Å². The molecule has 66 valence electrons. The minimum atomic E-state index is -0.746. The van der Waals surface area contributed by atoms with Crippen LogP contribution in [-0.2, 0) is 12.8 Å². The Morgan fingerprint density at radius 3 is 1.50 bits per heavy atom. The summed E-state index contributed by atoms with van der Waals surface area (Å²) in [5.74, 6) is -1.49. The lowest BCUT2D eigenvalue weighted by atomic mass is 10.0. The predicted octanol–water partition coefficient (Wildman–Crippen LogP) is 3.09. The van der Waals surface area contributed by atoms with Crippen molar-refractivity contribution >= 4 is 0 Å². The fraction of sp³-hybridized carbons (Fsp3) is 0.400. The topological polar surface area (TPSA) is 0 Å². The first-order valence-corrected chi connectivity index (χ1v) is 4.15. The molecule has 0 radical (unpaired) electrons. The third-order valence-corrected chi connectivity index (χ3v) is 2.00. The summed E-state index contributed by atoms with van der Waals surface area (Å²) in [6.07, 6.45) is 1.50. The van der Waals surface area contributed by atoms with Crippen LogP contribution in [0.3, 0.4) is 0 Å². The molecule has 0 aromatic heterocycles. The van der Waals surface area contributed by atoms with E-state index in [0.29, 0.717) is 0 Å². The maximum atomic E-state index is 12.7. The Balaban J connectivity index is 3.19. The average molecular weight is 170 g/mol. The van der Waals surface area contributed by atoms with Crippen molar-refractivity contribution < 1.29 is 8.78 Å². The Hall–Kier alpha value is -0.920. The predicted molar refractivity (Wildman–Crippen MR) is 45.1 cm³/mol. The largest absolute Gasteiger partial charge is 0.204 e. The molecular formula is C10H12F2. The van der Waals surface area contributed by atoms with Gasteiger partial charge in [-0.15, -0.1) is 0 Å².